The molecule has 0 saturated carbocycles. The smallest absolute Gasteiger partial charge is 0.0998 e. The molecule has 0 radical (unpaired) electrons. The molecule has 1 aromatic heterocycles. The second-order valence-corrected chi connectivity index (χ2v) is 5.46. The fourth-order valence-corrected chi connectivity index (χ4v) is 2.47. The molecule has 0 atom stereocenters. The summed E-state index contributed by atoms with van der Waals surface area (Å²) in [6.45, 7) is 1.94. The Morgan fingerprint density at radius 1 is 1.00 bits per heavy atom. The van der Waals surface area contributed by atoms with Crippen molar-refractivity contribution in [2.75, 3.05) is 0 Å². The van der Waals surface area contributed by atoms with Crippen LogP contribution in [0.25, 0.3) is 22.4 Å². The zero-order valence-corrected chi connectivity index (χ0v) is 12.8. The Balaban J connectivity index is 2.09. The van der Waals surface area contributed by atoms with E-state index in [0.717, 1.165) is 27.9 Å². The topological polar surface area (TPSA) is 36.7 Å². The van der Waals surface area contributed by atoms with Gasteiger partial charge in [-0.1, -0.05) is 54.1 Å². The number of benzene rings is 2. The molecule has 0 saturated heterocycles. The molecular weight excluding hydrogens is 292 g/mol. The minimum atomic E-state index is 0.637. The molecule has 0 aliphatic heterocycles. The standard InChI is InChI=1S/C19H13ClN2/c1-13-9-19(22-12-18(13)20)15-7-8-17(16(10-15)11-21)14-5-3-2-4-6-14/h2-10,12H,1H3. The molecule has 3 heteroatoms. The van der Waals surface area contributed by atoms with Gasteiger partial charge >= 0.3 is 0 Å². The SMILES string of the molecule is Cc1cc(-c2ccc(-c3ccccc3)c(C#N)c2)ncc1Cl. The van der Waals surface area contributed by atoms with E-state index in [1.54, 1.807) is 6.20 Å². The van der Waals surface area contributed by atoms with Gasteiger partial charge in [-0.2, -0.15) is 5.26 Å². The van der Waals surface area contributed by atoms with E-state index in [0.29, 0.717) is 10.6 Å². The molecular formula is C19H13ClN2. The summed E-state index contributed by atoms with van der Waals surface area (Å²) in [5.74, 6) is 0. The zero-order chi connectivity index (χ0) is 15.5. The van der Waals surface area contributed by atoms with Crippen LogP contribution >= 0.6 is 11.6 Å². The van der Waals surface area contributed by atoms with Gasteiger partial charge in [-0.3, -0.25) is 4.98 Å². The van der Waals surface area contributed by atoms with E-state index in [4.69, 9.17) is 11.6 Å². The summed E-state index contributed by atoms with van der Waals surface area (Å²) in [6.07, 6.45) is 1.64. The van der Waals surface area contributed by atoms with E-state index in [-0.39, 0.29) is 0 Å². The second-order valence-electron chi connectivity index (χ2n) is 5.06. The van der Waals surface area contributed by atoms with Crippen molar-refractivity contribution in [3.8, 4) is 28.5 Å². The number of aromatic nitrogens is 1. The number of hydrogen-bond donors (Lipinski definition) is 0. The molecule has 22 heavy (non-hydrogen) atoms. The third kappa shape index (κ3) is 2.72. The minimum absolute atomic E-state index is 0.637. The van der Waals surface area contributed by atoms with Crippen LogP contribution in [0.5, 0.6) is 0 Å². The summed E-state index contributed by atoms with van der Waals surface area (Å²) in [4.78, 5) is 4.35. The second kappa shape index (κ2) is 6.01. The lowest BCUT2D eigenvalue weighted by Crippen LogP contribution is -1.89. The van der Waals surface area contributed by atoms with Crippen LogP contribution in [0.3, 0.4) is 0 Å². The molecule has 106 valence electrons. The molecule has 0 spiro atoms. The molecule has 3 rings (SSSR count). The van der Waals surface area contributed by atoms with E-state index in [2.05, 4.69) is 11.1 Å². The van der Waals surface area contributed by atoms with Gasteiger partial charge in [0.1, 0.15) is 0 Å². The fraction of sp³-hybridized carbons (Fsp3) is 0.0526. The van der Waals surface area contributed by atoms with E-state index in [9.17, 15) is 5.26 Å². The Bertz CT molecular complexity index is 864. The number of nitriles is 1. The highest BCUT2D eigenvalue weighted by atomic mass is 35.5. The van der Waals surface area contributed by atoms with Gasteiger partial charge in [-0.05, 0) is 35.7 Å². The Morgan fingerprint density at radius 3 is 2.45 bits per heavy atom. The minimum Gasteiger partial charge on any atom is -0.255 e. The maximum absolute atomic E-state index is 9.46. The summed E-state index contributed by atoms with van der Waals surface area (Å²) < 4.78 is 0. The zero-order valence-electron chi connectivity index (χ0n) is 12.0. The Kier molecular flexibility index (Phi) is 3.91. The summed E-state index contributed by atoms with van der Waals surface area (Å²) in [6, 6.07) is 19.9. The normalized spacial score (nSPS) is 10.2. The van der Waals surface area contributed by atoms with Gasteiger partial charge in [0.25, 0.3) is 0 Å². The van der Waals surface area contributed by atoms with E-state index in [1.165, 1.54) is 0 Å². The van der Waals surface area contributed by atoms with Crippen molar-refractivity contribution < 1.29 is 0 Å². The molecule has 0 fully saturated rings. The lowest BCUT2D eigenvalue weighted by molar-refractivity contribution is 1.28. The van der Waals surface area contributed by atoms with Gasteiger partial charge in [0.05, 0.1) is 22.3 Å². The maximum Gasteiger partial charge on any atom is 0.0998 e. The van der Waals surface area contributed by atoms with Crippen LogP contribution in [0, 0.1) is 18.3 Å². The van der Waals surface area contributed by atoms with Crippen LogP contribution in [-0.2, 0) is 0 Å². The molecule has 1 heterocycles. The van der Waals surface area contributed by atoms with Crippen LogP contribution in [0.15, 0.2) is 60.8 Å². The average Bonchev–Trinajstić information content (AvgIpc) is 2.57. The van der Waals surface area contributed by atoms with Crippen molar-refractivity contribution >= 4 is 11.6 Å². The number of aryl methyl sites for hydroxylation is 1. The first-order valence-electron chi connectivity index (χ1n) is 6.91. The largest absolute Gasteiger partial charge is 0.255 e. The van der Waals surface area contributed by atoms with Crippen LogP contribution < -0.4 is 0 Å². The average molecular weight is 305 g/mol. The summed E-state index contributed by atoms with van der Waals surface area (Å²) >= 11 is 6.02. The molecule has 0 N–H and O–H groups in total. The van der Waals surface area contributed by atoms with Gasteiger partial charge < -0.3 is 0 Å². The van der Waals surface area contributed by atoms with Crippen LogP contribution in [0.4, 0.5) is 0 Å². The van der Waals surface area contributed by atoms with Gasteiger partial charge in [0.2, 0.25) is 0 Å². The highest BCUT2D eigenvalue weighted by Gasteiger charge is 2.08. The van der Waals surface area contributed by atoms with Crippen LogP contribution in [0.1, 0.15) is 11.1 Å². The highest BCUT2D eigenvalue weighted by molar-refractivity contribution is 6.31. The first kappa shape index (κ1) is 14.3. The van der Waals surface area contributed by atoms with Crippen LogP contribution in [0.2, 0.25) is 5.02 Å². The monoisotopic (exact) mass is 304 g/mol. The van der Waals surface area contributed by atoms with E-state index in [1.807, 2.05) is 61.5 Å². The molecule has 0 bridgehead atoms. The Hall–Kier alpha value is -2.63. The third-order valence-electron chi connectivity index (χ3n) is 3.57. The van der Waals surface area contributed by atoms with Crippen molar-refractivity contribution in [1.82, 2.24) is 4.98 Å². The van der Waals surface area contributed by atoms with Crippen molar-refractivity contribution in [3.63, 3.8) is 0 Å². The lowest BCUT2D eigenvalue weighted by atomic mass is 9.97. The van der Waals surface area contributed by atoms with Crippen LogP contribution in [-0.4, -0.2) is 4.98 Å². The van der Waals surface area contributed by atoms with Gasteiger partial charge in [0, 0.05) is 11.8 Å². The Labute approximate surface area is 134 Å². The quantitative estimate of drug-likeness (QED) is 0.648. The molecule has 0 aliphatic rings. The highest BCUT2D eigenvalue weighted by Crippen LogP contribution is 2.29. The van der Waals surface area contributed by atoms with E-state index < -0.39 is 0 Å². The van der Waals surface area contributed by atoms with E-state index >= 15 is 0 Å². The predicted molar refractivity (Wildman–Crippen MR) is 89.6 cm³/mol. The Morgan fingerprint density at radius 2 is 1.77 bits per heavy atom. The number of rotatable bonds is 2. The predicted octanol–water partition coefficient (Wildman–Crippen LogP) is 5.25. The first-order chi connectivity index (χ1) is 10.7. The maximum atomic E-state index is 9.46. The molecule has 3 aromatic rings. The molecule has 2 aromatic carbocycles. The van der Waals surface area contributed by atoms with Crippen molar-refractivity contribution in [1.29, 1.82) is 5.26 Å². The van der Waals surface area contributed by atoms with Gasteiger partial charge in [-0.15, -0.1) is 0 Å². The molecule has 0 unspecified atom stereocenters. The summed E-state index contributed by atoms with van der Waals surface area (Å²) in [7, 11) is 0. The molecule has 0 amide bonds. The van der Waals surface area contributed by atoms with Crippen molar-refractivity contribution in [2.24, 2.45) is 0 Å². The number of nitrogens with zero attached hydrogens (tertiary/aromatic N) is 2. The van der Waals surface area contributed by atoms with Crippen molar-refractivity contribution in [3.05, 3.63) is 76.9 Å². The third-order valence-corrected chi connectivity index (χ3v) is 3.96. The number of halogens is 1. The number of hydrogen-bond acceptors (Lipinski definition) is 2. The number of pyridine rings is 1. The summed E-state index contributed by atoms with van der Waals surface area (Å²) in [5.41, 5.74) is 5.30. The fourth-order valence-electron chi connectivity index (χ4n) is 2.36. The molecule has 2 nitrogen and oxygen atoms in total. The van der Waals surface area contributed by atoms with Gasteiger partial charge in [0.15, 0.2) is 0 Å². The summed E-state index contributed by atoms with van der Waals surface area (Å²) in [5, 5.41) is 10.1. The van der Waals surface area contributed by atoms with Crippen molar-refractivity contribution in [2.45, 2.75) is 6.92 Å². The first-order valence-corrected chi connectivity index (χ1v) is 7.29. The van der Waals surface area contributed by atoms with Gasteiger partial charge in [-0.25, -0.2) is 0 Å². The lowest BCUT2D eigenvalue weighted by Gasteiger charge is -2.08. The molecule has 0 aliphatic carbocycles.